The standard InChI is InChI=1S/C13H21F3N2O/c1-12(2)6-3-7-17-10(12)11(19)18(9-4-5-9)8-13(14,15)16/h9-10,17H,3-8H2,1-2H3. The number of piperidine rings is 1. The lowest BCUT2D eigenvalue weighted by Crippen LogP contribution is -2.58. The van der Waals surface area contributed by atoms with Crippen LogP contribution in [0.3, 0.4) is 0 Å². The smallest absolute Gasteiger partial charge is 0.329 e. The van der Waals surface area contributed by atoms with Crippen molar-refractivity contribution in [3.63, 3.8) is 0 Å². The maximum absolute atomic E-state index is 12.6. The number of halogens is 3. The van der Waals surface area contributed by atoms with Crippen molar-refractivity contribution in [2.24, 2.45) is 5.41 Å². The maximum atomic E-state index is 12.6. The van der Waals surface area contributed by atoms with Gasteiger partial charge in [-0.25, -0.2) is 0 Å². The third-order valence-electron chi connectivity index (χ3n) is 4.00. The van der Waals surface area contributed by atoms with Crippen LogP contribution in [0.25, 0.3) is 0 Å². The number of carbonyl (C=O) groups is 1. The molecule has 0 aromatic heterocycles. The lowest BCUT2D eigenvalue weighted by Gasteiger charge is -2.41. The predicted molar refractivity (Wildman–Crippen MR) is 65.6 cm³/mol. The SMILES string of the molecule is CC1(C)CCCNC1C(=O)N(CC(F)(F)F)C1CC1. The first-order chi connectivity index (χ1) is 8.71. The minimum atomic E-state index is -4.32. The van der Waals surface area contributed by atoms with E-state index in [2.05, 4.69) is 5.32 Å². The first-order valence-electron chi connectivity index (χ1n) is 6.81. The van der Waals surface area contributed by atoms with Crippen LogP contribution in [0.4, 0.5) is 13.2 Å². The van der Waals surface area contributed by atoms with Gasteiger partial charge in [-0.05, 0) is 37.6 Å². The molecule has 110 valence electrons. The third kappa shape index (κ3) is 3.61. The molecule has 0 aromatic rings. The van der Waals surface area contributed by atoms with E-state index in [0.717, 1.165) is 17.7 Å². The van der Waals surface area contributed by atoms with Gasteiger partial charge in [-0.15, -0.1) is 0 Å². The lowest BCUT2D eigenvalue weighted by molar-refractivity contribution is -0.166. The van der Waals surface area contributed by atoms with Crippen LogP contribution in [-0.2, 0) is 4.79 Å². The normalized spacial score (nSPS) is 27.1. The monoisotopic (exact) mass is 278 g/mol. The predicted octanol–water partition coefficient (Wildman–Crippen LogP) is 2.32. The van der Waals surface area contributed by atoms with Gasteiger partial charge in [0, 0.05) is 6.04 Å². The summed E-state index contributed by atoms with van der Waals surface area (Å²) in [5, 5.41) is 3.10. The number of alkyl halides is 3. The van der Waals surface area contributed by atoms with Crippen LogP contribution >= 0.6 is 0 Å². The van der Waals surface area contributed by atoms with Gasteiger partial charge in [0.05, 0.1) is 6.04 Å². The molecule has 1 unspecified atom stereocenters. The molecule has 1 aliphatic carbocycles. The zero-order chi connectivity index (χ0) is 14.3. The minimum absolute atomic E-state index is 0.214. The molecule has 1 N–H and O–H groups in total. The van der Waals surface area contributed by atoms with Gasteiger partial charge in [-0.2, -0.15) is 13.2 Å². The average Bonchev–Trinajstić information content (AvgIpc) is 3.07. The molecular formula is C13H21F3N2O. The zero-order valence-electron chi connectivity index (χ0n) is 11.4. The number of carbonyl (C=O) groups excluding carboxylic acids is 1. The molecule has 1 amide bonds. The molecule has 2 rings (SSSR count). The van der Waals surface area contributed by atoms with Crippen LogP contribution in [0.2, 0.25) is 0 Å². The Bertz CT molecular complexity index is 350. The Morgan fingerprint density at radius 3 is 2.47 bits per heavy atom. The summed E-state index contributed by atoms with van der Waals surface area (Å²) >= 11 is 0. The zero-order valence-corrected chi connectivity index (χ0v) is 11.4. The average molecular weight is 278 g/mol. The summed E-state index contributed by atoms with van der Waals surface area (Å²) < 4.78 is 37.8. The quantitative estimate of drug-likeness (QED) is 0.859. The van der Waals surface area contributed by atoms with E-state index in [1.54, 1.807) is 0 Å². The molecule has 2 aliphatic rings. The first kappa shape index (κ1) is 14.6. The molecule has 19 heavy (non-hydrogen) atoms. The highest BCUT2D eigenvalue weighted by atomic mass is 19.4. The highest BCUT2D eigenvalue weighted by Gasteiger charge is 2.46. The molecule has 1 saturated heterocycles. The summed E-state index contributed by atoms with van der Waals surface area (Å²) in [6.45, 7) is 3.47. The van der Waals surface area contributed by atoms with E-state index in [1.165, 1.54) is 0 Å². The van der Waals surface area contributed by atoms with Crippen molar-refractivity contribution in [2.45, 2.75) is 57.8 Å². The Morgan fingerprint density at radius 2 is 2.00 bits per heavy atom. The van der Waals surface area contributed by atoms with Crippen LogP contribution in [0.1, 0.15) is 39.5 Å². The van der Waals surface area contributed by atoms with E-state index < -0.39 is 18.8 Å². The molecule has 0 aromatic carbocycles. The van der Waals surface area contributed by atoms with Crippen LogP contribution < -0.4 is 5.32 Å². The molecule has 3 nitrogen and oxygen atoms in total. The van der Waals surface area contributed by atoms with E-state index in [4.69, 9.17) is 0 Å². The van der Waals surface area contributed by atoms with Crippen molar-refractivity contribution in [2.75, 3.05) is 13.1 Å². The topological polar surface area (TPSA) is 32.3 Å². The number of hydrogen-bond donors (Lipinski definition) is 1. The van der Waals surface area contributed by atoms with Crippen LogP contribution in [0.15, 0.2) is 0 Å². The largest absolute Gasteiger partial charge is 0.406 e. The summed E-state index contributed by atoms with van der Waals surface area (Å²) in [7, 11) is 0. The van der Waals surface area contributed by atoms with E-state index in [0.29, 0.717) is 19.4 Å². The summed E-state index contributed by atoms with van der Waals surface area (Å²) in [5.74, 6) is -0.385. The second-order valence-corrected chi connectivity index (χ2v) is 6.29. The van der Waals surface area contributed by atoms with Gasteiger partial charge in [0.2, 0.25) is 5.91 Å². The van der Waals surface area contributed by atoms with Crippen LogP contribution in [0.5, 0.6) is 0 Å². The molecule has 2 fully saturated rings. The summed E-state index contributed by atoms with van der Waals surface area (Å²) in [5.41, 5.74) is -0.284. The number of rotatable bonds is 3. The molecule has 0 bridgehead atoms. The van der Waals surface area contributed by atoms with Crippen LogP contribution in [-0.4, -0.2) is 42.2 Å². The molecule has 1 saturated carbocycles. The Labute approximate surface area is 111 Å². The van der Waals surface area contributed by atoms with E-state index in [1.807, 2.05) is 13.8 Å². The van der Waals surface area contributed by atoms with E-state index in [-0.39, 0.29) is 17.4 Å². The number of amides is 1. The van der Waals surface area contributed by atoms with Crippen molar-refractivity contribution >= 4 is 5.91 Å². The van der Waals surface area contributed by atoms with E-state index >= 15 is 0 Å². The molecule has 0 radical (unpaired) electrons. The Kier molecular flexibility index (Phi) is 3.82. The number of hydrogen-bond acceptors (Lipinski definition) is 2. The van der Waals surface area contributed by atoms with Crippen molar-refractivity contribution in [3.05, 3.63) is 0 Å². The number of nitrogens with one attached hydrogen (secondary N) is 1. The first-order valence-corrected chi connectivity index (χ1v) is 6.81. The van der Waals surface area contributed by atoms with Crippen molar-refractivity contribution in [3.8, 4) is 0 Å². The summed E-state index contributed by atoms with van der Waals surface area (Å²) in [4.78, 5) is 13.5. The number of nitrogens with zero attached hydrogens (tertiary/aromatic N) is 1. The van der Waals surface area contributed by atoms with Gasteiger partial charge in [0.25, 0.3) is 0 Å². The van der Waals surface area contributed by atoms with Gasteiger partial charge in [-0.3, -0.25) is 4.79 Å². The third-order valence-corrected chi connectivity index (χ3v) is 4.00. The maximum Gasteiger partial charge on any atom is 0.406 e. The fraction of sp³-hybridized carbons (Fsp3) is 0.923. The highest BCUT2D eigenvalue weighted by Crippen LogP contribution is 2.35. The van der Waals surface area contributed by atoms with E-state index in [9.17, 15) is 18.0 Å². The fourth-order valence-corrected chi connectivity index (χ4v) is 2.76. The fourth-order valence-electron chi connectivity index (χ4n) is 2.76. The Balaban J connectivity index is 2.10. The minimum Gasteiger partial charge on any atom is -0.329 e. The molecule has 0 spiro atoms. The van der Waals surface area contributed by atoms with Gasteiger partial charge < -0.3 is 10.2 Å². The second kappa shape index (κ2) is 4.96. The molecular weight excluding hydrogens is 257 g/mol. The Hall–Kier alpha value is -0.780. The van der Waals surface area contributed by atoms with Crippen LogP contribution in [0, 0.1) is 5.41 Å². The molecule has 1 heterocycles. The van der Waals surface area contributed by atoms with Gasteiger partial charge in [-0.1, -0.05) is 13.8 Å². The Morgan fingerprint density at radius 1 is 1.37 bits per heavy atom. The van der Waals surface area contributed by atoms with Crippen molar-refractivity contribution in [1.82, 2.24) is 10.2 Å². The summed E-state index contributed by atoms with van der Waals surface area (Å²) in [6.07, 6.45) is -1.12. The summed E-state index contributed by atoms with van der Waals surface area (Å²) in [6, 6.07) is -0.710. The highest BCUT2D eigenvalue weighted by molar-refractivity contribution is 5.83. The second-order valence-electron chi connectivity index (χ2n) is 6.29. The van der Waals surface area contributed by atoms with Crippen molar-refractivity contribution in [1.29, 1.82) is 0 Å². The molecule has 1 atom stereocenters. The molecule has 6 heteroatoms. The van der Waals surface area contributed by atoms with Crippen molar-refractivity contribution < 1.29 is 18.0 Å². The van der Waals surface area contributed by atoms with Gasteiger partial charge in [0.1, 0.15) is 6.54 Å². The molecule has 1 aliphatic heterocycles. The van der Waals surface area contributed by atoms with Gasteiger partial charge in [0.15, 0.2) is 0 Å². The lowest BCUT2D eigenvalue weighted by atomic mass is 9.77. The van der Waals surface area contributed by atoms with Gasteiger partial charge >= 0.3 is 6.18 Å².